The zero-order valence-corrected chi connectivity index (χ0v) is 17.3. The molecule has 1 N–H and O–H groups in total. The standard InChI is InChI=1S/C18H19N3O5S2/c1-21(2)28(23,24)12-6-7-14-16(10-12)27-18(19-14)20-17(22)13-9-11(25-3)5-8-15(13)26-4/h5-10H,1-4H3,(H,19,20,22). The van der Waals surface area contributed by atoms with Gasteiger partial charge in [-0.25, -0.2) is 17.7 Å². The van der Waals surface area contributed by atoms with Crippen LogP contribution in [0.25, 0.3) is 10.2 Å². The van der Waals surface area contributed by atoms with Crippen molar-refractivity contribution in [3.63, 3.8) is 0 Å². The number of hydrogen-bond acceptors (Lipinski definition) is 7. The van der Waals surface area contributed by atoms with Gasteiger partial charge in [-0.3, -0.25) is 10.1 Å². The lowest BCUT2D eigenvalue weighted by molar-refractivity contribution is 0.102. The fourth-order valence-electron chi connectivity index (χ4n) is 2.49. The van der Waals surface area contributed by atoms with Crippen LogP contribution < -0.4 is 14.8 Å². The maximum absolute atomic E-state index is 12.7. The molecule has 0 spiro atoms. The van der Waals surface area contributed by atoms with Crippen molar-refractivity contribution in [2.45, 2.75) is 4.90 Å². The minimum Gasteiger partial charge on any atom is -0.497 e. The second-order valence-electron chi connectivity index (χ2n) is 5.96. The number of anilines is 1. The first-order valence-electron chi connectivity index (χ1n) is 8.12. The molecule has 10 heteroatoms. The molecule has 148 valence electrons. The molecule has 1 amide bonds. The Balaban J connectivity index is 1.92. The Morgan fingerprint density at radius 2 is 1.86 bits per heavy atom. The Hall–Kier alpha value is -2.69. The number of nitrogens with one attached hydrogen (secondary N) is 1. The molecule has 0 aliphatic carbocycles. The number of rotatable bonds is 6. The molecule has 0 saturated heterocycles. The van der Waals surface area contributed by atoms with E-state index in [1.165, 1.54) is 45.7 Å². The summed E-state index contributed by atoms with van der Waals surface area (Å²) in [6, 6.07) is 9.57. The highest BCUT2D eigenvalue weighted by Crippen LogP contribution is 2.30. The lowest BCUT2D eigenvalue weighted by Crippen LogP contribution is -2.22. The largest absolute Gasteiger partial charge is 0.497 e. The molecule has 8 nitrogen and oxygen atoms in total. The molecule has 0 atom stereocenters. The van der Waals surface area contributed by atoms with Gasteiger partial charge in [0.1, 0.15) is 11.5 Å². The average Bonchev–Trinajstić information content (AvgIpc) is 3.08. The van der Waals surface area contributed by atoms with Crippen molar-refractivity contribution in [3.8, 4) is 11.5 Å². The predicted molar refractivity (Wildman–Crippen MR) is 108 cm³/mol. The van der Waals surface area contributed by atoms with E-state index in [-0.39, 0.29) is 4.90 Å². The lowest BCUT2D eigenvalue weighted by atomic mass is 10.2. The van der Waals surface area contributed by atoms with Crippen LogP contribution in [0.5, 0.6) is 11.5 Å². The monoisotopic (exact) mass is 421 g/mol. The highest BCUT2D eigenvalue weighted by molar-refractivity contribution is 7.89. The predicted octanol–water partition coefficient (Wildman–Crippen LogP) is 2.82. The number of aromatic nitrogens is 1. The number of methoxy groups -OCH3 is 2. The van der Waals surface area contributed by atoms with E-state index in [9.17, 15) is 13.2 Å². The normalized spacial score (nSPS) is 11.6. The van der Waals surface area contributed by atoms with Crippen LogP contribution in [0.4, 0.5) is 5.13 Å². The van der Waals surface area contributed by atoms with Gasteiger partial charge in [-0.15, -0.1) is 0 Å². The third-order valence-corrected chi connectivity index (χ3v) is 6.75. The van der Waals surface area contributed by atoms with Crippen LogP contribution in [-0.2, 0) is 10.0 Å². The van der Waals surface area contributed by atoms with Crippen molar-refractivity contribution in [1.29, 1.82) is 0 Å². The smallest absolute Gasteiger partial charge is 0.261 e. The van der Waals surface area contributed by atoms with Gasteiger partial charge < -0.3 is 9.47 Å². The lowest BCUT2D eigenvalue weighted by Gasteiger charge is -2.10. The molecule has 0 fully saturated rings. The van der Waals surface area contributed by atoms with Crippen molar-refractivity contribution in [3.05, 3.63) is 42.0 Å². The molecule has 3 rings (SSSR count). The molecule has 0 bridgehead atoms. The van der Waals surface area contributed by atoms with Crippen molar-refractivity contribution < 1.29 is 22.7 Å². The van der Waals surface area contributed by atoms with Crippen LogP contribution in [0.15, 0.2) is 41.3 Å². The molecule has 0 aliphatic heterocycles. The Bertz CT molecular complexity index is 1140. The Morgan fingerprint density at radius 3 is 2.50 bits per heavy atom. The Morgan fingerprint density at radius 1 is 1.11 bits per heavy atom. The van der Waals surface area contributed by atoms with Gasteiger partial charge in [0.05, 0.1) is 34.9 Å². The van der Waals surface area contributed by atoms with Crippen LogP contribution >= 0.6 is 11.3 Å². The van der Waals surface area contributed by atoms with E-state index >= 15 is 0 Å². The third kappa shape index (κ3) is 3.79. The maximum atomic E-state index is 12.7. The van der Waals surface area contributed by atoms with Crippen molar-refractivity contribution >= 4 is 42.6 Å². The molecular weight excluding hydrogens is 402 g/mol. The molecule has 2 aromatic carbocycles. The van der Waals surface area contributed by atoms with Crippen LogP contribution in [-0.4, -0.2) is 51.9 Å². The number of fused-ring (bicyclic) bond motifs is 1. The Kier molecular flexibility index (Phi) is 5.54. The van der Waals surface area contributed by atoms with Crippen LogP contribution in [0, 0.1) is 0 Å². The number of sulfonamides is 1. The molecule has 0 radical (unpaired) electrons. The van der Waals surface area contributed by atoms with Gasteiger partial charge in [0, 0.05) is 14.1 Å². The van der Waals surface area contributed by atoms with Gasteiger partial charge in [-0.1, -0.05) is 11.3 Å². The minimum absolute atomic E-state index is 0.168. The van der Waals surface area contributed by atoms with Gasteiger partial charge in [0.15, 0.2) is 5.13 Å². The zero-order valence-electron chi connectivity index (χ0n) is 15.7. The number of ether oxygens (including phenoxy) is 2. The van der Waals surface area contributed by atoms with E-state index in [0.717, 1.165) is 4.31 Å². The van der Waals surface area contributed by atoms with E-state index in [2.05, 4.69) is 10.3 Å². The molecule has 28 heavy (non-hydrogen) atoms. The van der Waals surface area contributed by atoms with Crippen LogP contribution in [0.1, 0.15) is 10.4 Å². The summed E-state index contributed by atoms with van der Waals surface area (Å²) in [5.41, 5.74) is 0.896. The third-order valence-electron chi connectivity index (χ3n) is 4.01. The Labute approximate surface area is 166 Å². The van der Waals surface area contributed by atoms with Crippen molar-refractivity contribution in [2.24, 2.45) is 0 Å². The minimum atomic E-state index is -3.55. The fourth-order valence-corrected chi connectivity index (χ4v) is 4.39. The fraction of sp³-hybridized carbons (Fsp3) is 0.222. The number of amides is 1. The van der Waals surface area contributed by atoms with E-state index in [4.69, 9.17) is 9.47 Å². The van der Waals surface area contributed by atoms with Crippen molar-refractivity contribution in [2.75, 3.05) is 33.6 Å². The summed E-state index contributed by atoms with van der Waals surface area (Å²) in [6.07, 6.45) is 0. The number of carbonyl (C=O) groups excluding carboxylic acids is 1. The molecule has 1 heterocycles. The summed E-state index contributed by atoms with van der Waals surface area (Å²) < 4.78 is 36.8. The molecule has 0 unspecified atom stereocenters. The number of hydrogen-bond donors (Lipinski definition) is 1. The van der Waals surface area contributed by atoms with Crippen molar-refractivity contribution in [1.82, 2.24) is 9.29 Å². The summed E-state index contributed by atoms with van der Waals surface area (Å²) in [4.78, 5) is 17.2. The summed E-state index contributed by atoms with van der Waals surface area (Å²) in [7, 11) is 2.38. The molecular formula is C18H19N3O5S2. The van der Waals surface area contributed by atoms with E-state index < -0.39 is 15.9 Å². The highest BCUT2D eigenvalue weighted by atomic mass is 32.2. The molecule has 1 aromatic heterocycles. The zero-order chi connectivity index (χ0) is 20.5. The summed E-state index contributed by atoms with van der Waals surface area (Å²) >= 11 is 1.19. The number of benzene rings is 2. The molecule has 0 aliphatic rings. The maximum Gasteiger partial charge on any atom is 0.261 e. The van der Waals surface area contributed by atoms with Crippen LogP contribution in [0.3, 0.4) is 0 Å². The van der Waals surface area contributed by atoms with Gasteiger partial charge in [0.2, 0.25) is 10.0 Å². The van der Waals surface area contributed by atoms with Crippen LogP contribution in [0.2, 0.25) is 0 Å². The number of carbonyl (C=O) groups is 1. The summed E-state index contributed by atoms with van der Waals surface area (Å²) in [6.45, 7) is 0. The SMILES string of the molecule is COc1ccc(OC)c(C(=O)Nc2nc3ccc(S(=O)(=O)N(C)C)cc3s2)c1. The van der Waals surface area contributed by atoms with E-state index in [0.29, 0.717) is 32.4 Å². The van der Waals surface area contributed by atoms with Gasteiger partial charge in [-0.2, -0.15) is 0 Å². The van der Waals surface area contributed by atoms with E-state index in [1.807, 2.05) is 0 Å². The summed E-state index contributed by atoms with van der Waals surface area (Å²) in [5.74, 6) is 0.517. The average molecular weight is 422 g/mol. The highest BCUT2D eigenvalue weighted by Gasteiger charge is 2.19. The molecule has 3 aromatic rings. The summed E-state index contributed by atoms with van der Waals surface area (Å²) in [5, 5.41) is 3.08. The second kappa shape index (κ2) is 7.74. The van der Waals surface area contributed by atoms with Gasteiger partial charge >= 0.3 is 0 Å². The second-order valence-corrected chi connectivity index (χ2v) is 9.14. The van der Waals surface area contributed by atoms with Gasteiger partial charge in [0.25, 0.3) is 5.91 Å². The topological polar surface area (TPSA) is 97.8 Å². The molecule has 0 saturated carbocycles. The first-order valence-corrected chi connectivity index (χ1v) is 10.4. The number of nitrogens with zero attached hydrogens (tertiary/aromatic N) is 2. The van der Waals surface area contributed by atoms with E-state index in [1.54, 1.807) is 30.3 Å². The first kappa shape index (κ1) is 20.1. The quantitative estimate of drug-likeness (QED) is 0.657. The number of thiazole rings is 1. The van der Waals surface area contributed by atoms with Gasteiger partial charge in [-0.05, 0) is 36.4 Å². The first-order chi connectivity index (χ1) is 13.3.